The summed E-state index contributed by atoms with van der Waals surface area (Å²) >= 11 is 3.43. The summed E-state index contributed by atoms with van der Waals surface area (Å²) in [5.41, 5.74) is 4.95. The van der Waals surface area contributed by atoms with E-state index in [-0.39, 0.29) is 5.78 Å². The van der Waals surface area contributed by atoms with Crippen molar-refractivity contribution in [2.45, 2.75) is 20.8 Å². The predicted molar refractivity (Wildman–Crippen MR) is 91.9 cm³/mol. The molecule has 108 valence electrons. The average Bonchev–Trinajstić information content (AvgIpc) is 2.43. The number of carbonyl (C=O) groups is 1. The van der Waals surface area contributed by atoms with Crippen LogP contribution in [0.1, 0.15) is 27.0 Å². The molecular formula is C18H18BrNO. The average molecular weight is 344 g/mol. The molecule has 0 aliphatic carbocycles. The molecule has 2 aromatic rings. The van der Waals surface area contributed by atoms with Gasteiger partial charge in [0.1, 0.15) is 0 Å². The van der Waals surface area contributed by atoms with Crippen LogP contribution in [-0.4, -0.2) is 5.78 Å². The minimum absolute atomic E-state index is 0.0125. The zero-order valence-corrected chi connectivity index (χ0v) is 14.0. The van der Waals surface area contributed by atoms with Crippen LogP contribution in [0.25, 0.3) is 0 Å². The quantitative estimate of drug-likeness (QED) is 0.611. The standard InChI is InChI=1S/C18H18BrNO/c1-12-4-5-13(2)16(10-12)18(21)8-9-20-17-7-6-15(19)11-14(17)3/h4-11,20H,1-3H3/b9-8+. The van der Waals surface area contributed by atoms with Crippen LogP contribution in [0.2, 0.25) is 0 Å². The zero-order chi connectivity index (χ0) is 15.4. The van der Waals surface area contributed by atoms with Gasteiger partial charge in [-0.2, -0.15) is 0 Å². The fourth-order valence-electron chi connectivity index (χ4n) is 2.09. The SMILES string of the molecule is Cc1ccc(C)c(C(=O)/C=C/Nc2ccc(Br)cc2C)c1. The third-order valence-corrected chi connectivity index (χ3v) is 3.81. The van der Waals surface area contributed by atoms with Crippen LogP contribution in [0, 0.1) is 20.8 Å². The molecule has 0 heterocycles. The van der Waals surface area contributed by atoms with Gasteiger partial charge in [0.2, 0.25) is 0 Å². The predicted octanol–water partition coefficient (Wildman–Crippen LogP) is 5.18. The van der Waals surface area contributed by atoms with Crippen LogP contribution in [-0.2, 0) is 0 Å². The topological polar surface area (TPSA) is 29.1 Å². The summed E-state index contributed by atoms with van der Waals surface area (Å²) in [6.45, 7) is 5.96. The van der Waals surface area contributed by atoms with Crippen LogP contribution in [0.15, 0.2) is 53.1 Å². The van der Waals surface area contributed by atoms with Crippen molar-refractivity contribution in [2.24, 2.45) is 0 Å². The lowest BCUT2D eigenvalue weighted by Gasteiger charge is -2.06. The molecule has 0 amide bonds. The molecule has 0 bridgehead atoms. The Morgan fingerprint density at radius 1 is 1.05 bits per heavy atom. The first-order valence-corrected chi connectivity index (χ1v) is 7.57. The molecule has 2 nitrogen and oxygen atoms in total. The van der Waals surface area contributed by atoms with Crippen LogP contribution in [0.5, 0.6) is 0 Å². The van der Waals surface area contributed by atoms with E-state index < -0.39 is 0 Å². The highest BCUT2D eigenvalue weighted by Gasteiger charge is 2.05. The zero-order valence-electron chi connectivity index (χ0n) is 12.4. The number of benzene rings is 2. The Morgan fingerprint density at radius 2 is 1.81 bits per heavy atom. The minimum Gasteiger partial charge on any atom is -0.361 e. The number of anilines is 1. The summed E-state index contributed by atoms with van der Waals surface area (Å²) in [4.78, 5) is 12.2. The van der Waals surface area contributed by atoms with Gasteiger partial charge in [0.05, 0.1) is 0 Å². The maximum atomic E-state index is 12.2. The molecule has 0 aliphatic heterocycles. The monoisotopic (exact) mass is 343 g/mol. The fraction of sp³-hybridized carbons (Fsp3) is 0.167. The summed E-state index contributed by atoms with van der Waals surface area (Å²) in [6, 6.07) is 11.9. The second kappa shape index (κ2) is 6.72. The minimum atomic E-state index is 0.0125. The van der Waals surface area contributed by atoms with E-state index in [9.17, 15) is 4.79 Å². The van der Waals surface area contributed by atoms with E-state index in [1.807, 2.05) is 57.2 Å². The molecule has 1 N–H and O–H groups in total. The van der Waals surface area contributed by atoms with E-state index >= 15 is 0 Å². The van der Waals surface area contributed by atoms with Crippen LogP contribution in [0.4, 0.5) is 5.69 Å². The van der Waals surface area contributed by atoms with Crippen molar-refractivity contribution in [3.05, 3.63) is 75.4 Å². The molecule has 0 unspecified atom stereocenters. The summed E-state index contributed by atoms with van der Waals surface area (Å²) in [5.74, 6) is 0.0125. The number of ketones is 1. The lowest BCUT2D eigenvalue weighted by molar-refractivity contribution is 0.104. The molecule has 0 saturated carbocycles. The normalized spacial score (nSPS) is 10.9. The van der Waals surface area contributed by atoms with E-state index in [1.165, 1.54) is 0 Å². The Hall–Kier alpha value is -1.87. The molecule has 0 spiro atoms. The highest BCUT2D eigenvalue weighted by molar-refractivity contribution is 9.10. The molecule has 0 aliphatic rings. The Kier molecular flexibility index (Phi) is 4.97. The van der Waals surface area contributed by atoms with Crippen molar-refractivity contribution >= 4 is 27.4 Å². The third-order valence-electron chi connectivity index (χ3n) is 3.32. The molecule has 3 heteroatoms. The summed E-state index contributed by atoms with van der Waals surface area (Å²) < 4.78 is 1.04. The lowest BCUT2D eigenvalue weighted by atomic mass is 10.0. The maximum absolute atomic E-state index is 12.2. The number of allylic oxidation sites excluding steroid dienone is 1. The molecule has 0 radical (unpaired) electrons. The van der Waals surface area contributed by atoms with Gasteiger partial charge in [-0.1, -0.05) is 33.6 Å². The van der Waals surface area contributed by atoms with E-state index in [4.69, 9.17) is 0 Å². The number of halogens is 1. The molecular weight excluding hydrogens is 326 g/mol. The van der Waals surface area contributed by atoms with E-state index in [0.717, 1.165) is 32.4 Å². The first-order valence-electron chi connectivity index (χ1n) is 6.78. The summed E-state index contributed by atoms with van der Waals surface area (Å²) in [6.07, 6.45) is 3.27. The summed E-state index contributed by atoms with van der Waals surface area (Å²) in [7, 11) is 0. The van der Waals surface area contributed by atoms with Crippen molar-refractivity contribution < 1.29 is 4.79 Å². The first-order chi connectivity index (χ1) is 9.97. The number of hydrogen-bond donors (Lipinski definition) is 1. The van der Waals surface area contributed by atoms with Gasteiger partial charge in [-0.3, -0.25) is 4.79 Å². The van der Waals surface area contributed by atoms with Crippen molar-refractivity contribution in [3.63, 3.8) is 0 Å². The Balaban J connectivity index is 2.10. The highest BCUT2D eigenvalue weighted by atomic mass is 79.9. The number of rotatable bonds is 4. The van der Waals surface area contributed by atoms with Crippen LogP contribution < -0.4 is 5.32 Å². The lowest BCUT2D eigenvalue weighted by Crippen LogP contribution is -2.00. The van der Waals surface area contributed by atoms with Crippen LogP contribution >= 0.6 is 15.9 Å². The van der Waals surface area contributed by atoms with Crippen molar-refractivity contribution in [1.82, 2.24) is 0 Å². The summed E-state index contributed by atoms with van der Waals surface area (Å²) in [5, 5.41) is 3.15. The molecule has 0 fully saturated rings. The molecule has 0 aromatic heterocycles. The Bertz CT molecular complexity index is 704. The van der Waals surface area contributed by atoms with Crippen molar-refractivity contribution in [1.29, 1.82) is 0 Å². The largest absolute Gasteiger partial charge is 0.361 e. The van der Waals surface area contributed by atoms with Gasteiger partial charge in [-0.15, -0.1) is 0 Å². The second-order valence-electron chi connectivity index (χ2n) is 5.12. The van der Waals surface area contributed by atoms with E-state index in [1.54, 1.807) is 12.3 Å². The second-order valence-corrected chi connectivity index (χ2v) is 6.04. The van der Waals surface area contributed by atoms with Gasteiger partial charge in [0, 0.05) is 28.0 Å². The number of carbonyl (C=O) groups excluding carboxylic acids is 1. The Labute approximate surface area is 134 Å². The maximum Gasteiger partial charge on any atom is 0.187 e. The molecule has 0 atom stereocenters. The van der Waals surface area contributed by atoms with Gasteiger partial charge in [0.25, 0.3) is 0 Å². The van der Waals surface area contributed by atoms with Crippen molar-refractivity contribution in [3.8, 4) is 0 Å². The first kappa shape index (κ1) is 15.5. The van der Waals surface area contributed by atoms with E-state index in [2.05, 4.69) is 21.2 Å². The highest BCUT2D eigenvalue weighted by Crippen LogP contribution is 2.20. The Morgan fingerprint density at radius 3 is 2.52 bits per heavy atom. The van der Waals surface area contributed by atoms with Gasteiger partial charge in [0.15, 0.2) is 5.78 Å². The molecule has 2 aromatic carbocycles. The molecule has 21 heavy (non-hydrogen) atoms. The van der Waals surface area contributed by atoms with Gasteiger partial charge in [-0.05, 0) is 56.2 Å². The third kappa shape index (κ3) is 4.05. The van der Waals surface area contributed by atoms with Crippen LogP contribution in [0.3, 0.4) is 0 Å². The van der Waals surface area contributed by atoms with Gasteiger partial charge in [-0.25, -0.2) is 0 Å². The smallest absolute Gasteiger partial charge is 0.187 e. The molecule has 0 saturated heterocycles. The number of hydrogen-bond acceptors (Lipinski definition) is 2. The van der Waals surface area contributed by atoms with Gasteiger partial charge >= 0.3 is 0 Å². The number of nitrogens with one attached hydrogen (secondary N) is 1. The van der Waals surface area contributed by atoms with Crippen molar-refractivity contribution in [2.75, 3.05) is 5.32 Å². The number of aryl methyl sites for hydroxylation is 3. The molecule has 2 rings (SSSR count). The van der Waals surface area contributed by atoms with Gasteiger partial charge < -0.3 is 5.32 Å². The van der Waals surface area contributed by atoms with E-state index in [0.29, 0.717) is 0 Å². The fourth-order valence-corrected chi connectivity index (χ4v) is 2.56.